The third-order valence-corrected chi connectivity index (χ3v) is 1.30. The fraction of sp³-hybridized carbons (Fsp3) is 0.600. The monoisotopic (exact) mass is 138 g/mol. The fourth-order valence-corrected chi connectivity index (χ4v) is 0.478. The highest BCUT2D eigenvalue weighted by atomic mass is 14.1. The van der Waals surface area contributed by atoms with Crippen LogP contribution in [0.1, 0.15) is 34.6 Å². The number of allylic oxidation sites excluding steroid dienone is 4. The summed E-state index contributed by atoms with van der Waals surface area (Å²) in [6.07, 6.45) is 6.50. The minimum atomic E-state index is 0.310. The van der Waals surface area contributed by atoms with Gasteiger partial charge in [0.15, 0.2) is 0 Å². The van der Waals surface area contributed by atoms with Gasteiger partial charge >= 0.3 is 0 Å². The van der Waals surface area contributed by atoms with Gasteiger partial charge in [0.1, 0.15) is 0 Å². The molecule has 0 spiro atoms. The van der Waals surface area contributed by atoms with Crippen molar-refractivity contribution >= 4 is 0 Å². The Bertz CT molecular complexity index is 142. The molecule has 0 aromatic carbocycles. The van der Waals surface area contributed by atoms with Crippen LogP contribution in [-0.2, 0) is 0 Å². The molecule has 0 aromatic rings. The molecule has 58 valence electrons. The maximum absolute atomic E-state index is 2.22. The molecule has 0 atom stereocenters. The third kappa shape index (κ3) is 5.61. The third-order valence-electron chi connectivity index (χ3n) is 1.30. The van der Waals surface area contributed by atoms with Crippen LogP contribution in [0.4, 0.5) is 0 Å². The molecule has 0 bridgehead atoms. The van der Waals surface area contributed by atoms with E-state index in [9.17, 15) is 0 Å². The Morgan fingerprint density at radius 1 is 1.20 bits per heavy atom. The molecule has 0 aliphatic carbocycles. The minimum Gasteiger partial charge on any atom is -0.0847 e. The maximum Gasteiger partial charge on any atom is -0.0200 e. The fourth-order valence-electron chi connectivity index (χ4n) is 0.478. The Labute approximate surface area is 64.6 Å². The molecule has 0 fully saturated rings. The van der Waals surface area contributed by atoms with E-state index in [0.29, 0.717) is 5.41 Å². The zero-order chi connectivity index (χ0) is 8.20. The SMILES string of the molecule is CC=C(C)C=CC(C)(C)C. The standard InChI is InChI=1S/C10H18/c1-6-9(2)7-8-10(3,4)5/h6-8H,1-5H3. The molecule has 0 aromatic heterocycles. The van der Waals surface area contributed by atoms with Gasteiger partial charge < -0.3 is 0 Å². The van der Waals surface area contributed by atoms with Crippen LogP contribution in [0.3, 0.4) is 0 Å². The molecule has 0 rings (SSSR count). The van der Waals surface area contributed by atoms with Gasteiger partial charge in [-0.15, -0.1) is 0 Å². The second kappa shape index (κ2) is 3.60. The number of hydrogen-bond donors (Lipinski definition) is 0. The summed E-state index contributed by atoms with van der Waals surface area (Å²) in [4.78, 5) is 0. The molecule has 0 unspecified atom stereocenters. The Morgan fingerprint density at radius 2 is 1.70 bits per heavy atom. The average Bonchev–Trinajstić information content (AvgIpc) is 1.81. The Hall–Kier alpha value is -0.520. The van der Waals surface area contributed by atoms with E-state index in [-0.39, 0.29) is 0 Å². The van der Waals surface area contributed by atoms with E-state index in [1.807, 2.05) is 0 Å². The van der Waals surface area contributed by atoms with Crippen LogP contribution in [0.15, 0.2) is 23.8 Å². The van der Waals surface area contributed by atoms with Crippen molar-refractivity contribution in [2.75, 3.05) is 0 Å². The number of rotatable bonds is 1. The molecule has 10 heavy (non-hydrogen) atoms. The van der Waals surface area contributed by atoms with Crippen LogP contribution in [0.5, 0.6) is 0 Å². The highest BCUT2D eigenvalue weighted by Crippen LogP contribution is 2.15. The molecule has 0 heteroatoms. The first-order valence-corrected chi connectivity index (χ1v) is 3.78. The predicted molar refractivity (Wildman–Crippen MR) is 48.0 cm³/mol. The zero-order valence-electron chi connectivity index (χ0n) is 7.73. The first kappa shape index (κ1) is 9.48. The second-order valence-electron chi connectivity index (χ2n) is 3.73. The summed E-state index contributed by atoms with van der Waals surface area (Å²) < 4.78 is 0. The van der Waals surface area contributed by atoms with Crippen molar-refractivity contribution < 1.29 is 0 Å². The molecule has 0 N–H and O–H groups in total. The molecular formula is C10H18. The van der Waals surface area contributed by atoms with Gasteiger partial charge in [-0.1, -0.05) is 44.6 Å². The zero-order valence-corrected chi connectivity index (χ0v) is 7.73. The Kier molecular flexibility index (Phi) is 3.41. The normalized spacial score (nSPS) is 14.7. The van der Waals surface area contributed by atoms with Gasteiger partial charge in [0.25, 0.3) is 0 Å². The van der Waals surface area contributed by atoms with Crippen molar-refractivity contribution in [2.45, 2.75) is 34.6 Å². The average molecular weight is 138 g/mol. The van der Waals surface area contributed by atoms with Gasteiger partial charge in [0.05, 0.1) is 0 Å². The molecule has 0 heterocycles. The van der Waals surface area contributed by atoms with Crippen LogP contribution in [0.2, 0.25) is 0 Å². The topological polar surface area (TPSA) is 0 Å². The largest absolute Gasteiger partial charge is 0.0847 e. The molecule has 0 nitrogen and oxygen atoms in total. The van der Waals surface area contributed by atoms with Crippen LogP contribution in [-0.4, -0.2) is 0 Å². The highest BCUT2D eigenvalue weighted by Gasteiger charge is 2.02. The predicted octanol–water partition coefficient (Wildman–Crippen LogP) is 3.55. The van der Waals surface area contributed by atoms with Gasteiger partial charge in [0.2, 0.25) is 0 Å². The van der Waals surface area contributed by atoms with Crippen molar-refractivity contribution in [3.63, 3.8) is 0 Å². The van der Waals surface area contributed by atoms with E-state index in [1.54, 1.807) is 0 Å². The minimum absolute atomic E-state index is 0.310. The second-order valence-corrected chi connectivity index (χ2v) is 3.73. The lowest BCUT2D eigenvalue weighted by atomic mass is 9.95. The molecule has 0 saturated heterocycles. The van der Waals surface area contributed by atoms with Crippen molar-refractivity contribution in [1.29, 1.82) is 0 Å². The van der Waals surface area contributed by atoms with Crippen LogP contribution >= 0.6 is 0 Å². The van der Waals surface area contributed by atoms with E-state index in [2.05, 4.69) is 52.8 Å². The summed E-state index contributed by atoms with van der Waals surface area (Å²) in [6.45, 7) is 10.8. The number of hydrogen-bond acceptors (Lipinski definition) is 0. The van der Waals surface area contributed by atoms with Crippen LogP contribution in [0.25, 0.3) is 0 Å². The maximum atomic E-state index is 2.22. The first-order valence-electron chi connectivity index (χ1n) is 3.78. The van der Waals surface area contributed by atoms with Gasteiger partial charge in [-0.3, -0.25) is 0 Å². The Balaban J connectivity index is 4.01. The molecule has 0 amide bonds. The summed E-state index contributed by atoms with van der Waals surface area (Å²) in [7, 11) is 0. The van der Waals surface area contributed by atoms with Crippen molar-refractivity contribution in [3.8, 4) is 0 Å². The highest BCUT2D eigenvalue weighted by molar-refractivity contribution is 5.16. The molecule has 0 aliphatic rings. The van der Waals surface area contributed by atoms with E-state index in [4.69, 9.17) is 0 Å². The Morgan fingerprint density at radius 3 is 2.00 bits per heavy atom. The molecule has 0 saturated carbocycles. The lowest BCUT2D eigenvalue weighted by Gasteiger charge is -2.10. The summed E-state index contributed by atoms with van der Waals surface area (Å²) >= 11 is 0. The van der Waals surface area contributed by atoms with Gasteiger partial charge in [-0.05, 0) is 19.3 Å². The van der Waals surface area contributed by atoms with E-state index < -0.39 is 0 Å². The molecule has 0 aliphatic heterocycles. The van der Waals surface area contributed by atoms with Crippen molar-refractivity contribution in [3.05, 3.63) is 23.8 Å². The lowest BCUT2D eigenvalue weighted by Crippen LogP contribution is -1.98. The lowest BCUT2D eigenvalue weighted by molar-refractivity contribution is 0.544. The molecular weight excluding hydrogens is 120 g/mol. The molecule has 0 radical (unpaired) electrons. The van der Waals surface area contributed by atoms with Crippen LogP contribution < -0.4 is 0 Å². The van der Waals surface area contributed by atoms with E-state index in [0.717, 1.165) is 0 Å². The van der Waals surface area contributed by atoms with Gasteiger partial charge in [-0.25, -0.2) is 0 Å². The summed E-state index contributed by atoms with van der Waals surface area (Å²) in [5, 5.41) is 0. The quantitative estimate of drug-likeness (QED) is 0.486. The summed E-state index contributed by atoms with van der Waals surface area (Å²) in [6, 6.07) is 0. The van der Waals surface area contributed by atoms with E-state index in [1.165, 1.54) is 5.57 Å². The van der Waals surface area contributed by atoms with Crippen molar-refractivity contribution in [1.82, 2.24) is 0 Å². The summed E-state index contributed by atoms with van der Waals surface area (Å²) in [5.41, 5.74) is 1.64. The first-order chi connectivity index (χ1) is 4.45. The van der Waals surface area contributed by atoms with Crippen molar-refractivity contribution in [2.24, 2.45) is 5.41 Å². The van der Waals surface area contributed by atoms with Gasteiger partial charge in [-0.2, -0.15) is 0 Å². The summed E-state index contributed by atoms with van der Waals surface area (Å²) in [5.74, 6) is 0. The smallest absolute Gasteiger partial charge is 0.0200 e. The van der Waals surface area contributed by atoms with Gasteiger partial charge in [0, 0.05) is 0 Å². The van der Waals surface area contributed by atoms with Crippen LogP contribution in [0, 0.1) is 5.41 Å². The van der Waals surface area contributed by atoms with E-state index >= 15 is 0 Å².